The first-order chi connectivity index (χ1) is 9.58. The van der Waals surface area contributed by atoms with Crippen molar-refractivity contribution in [3.63, 3.8) is 0 Å². The summed E-state index contributed by atoms with van der Waals surface area (Å²) in [5, 5.41) is 11.5. The molecule has 0 fully saturated rings. The molecule has 0 saturated carbocycles. The molecule has 0 saturated heterocycles. The Hall–Kier alpha value is -2.08. The topological polar surface area (TPSA) is 56.9 Å². The van der Waals surface area contributed by atoms with Crippen molar-refractivity contribution >= 4 is 23.3 Å². The van der Waals surface area contributed by atoms with E-state index in [2.05, 4.69) is 10.3 Å². The average molecular weight is 294 g/mol. The lowest BCUT2D eigenvalue weighted by atomic mass is 10.2. The molecule has 1 aromatic carbocycles. The second kappa shape index (κ2) is 4.79. The number of fused-ring (bicyclic) bond motifs is 1. The first kappa shape index (κ1) is 12.9. The molecule has 0 unspecified atom stereocenters. The van der Waals surface area contributed by atoms with Crippen molar-refractivity contribution in [3.8, 4) is 0 Å². The Balaban J connectivity index is 1.98. The first-order valence-corrected chi connectivity index (χ1v) is 6.47. The minimum absolute atomic E-state index is 0.276. The highest BCUT2D eigenvalue weighted by atomic mass is 35.5. The minimum Gasteiger partial charge on any atom is -0.352 e. The van der Waals surface area contributed by atoms with E-state index in [1.165, 1.54) is 6.07 Å². The van der Waals surface area contributed by atoms with Crippen LogP contribution in [0.2, 0.25) is 5.02 Å². The minimum atomic E-state index is -0.344. The lowest BCUT2D eigenvalue weighted by Crippen LogP contribution is -2.37. The number of nitrogens with zero attached hydrogens (tertiary/aromatic N) is 3. The van der Waals surface area contributed by atoms with Crippen molar-refractivity contribution in [1.29, 1.82) is 5.41 Å². The molecule has 2 aromatic rings. The number of halogens is 2. The van der Waals surface area contributed by atoms with Crippen molar-refractivity contribution in [1.82, 2.24) is 14.5 Å². The Bertz CT molecular complexity index is 661. The Morgan fingerprint density at radius 2 is 2.30 bits per heavy atom. The summed E-state index contributed by atoms with van der Waals surface area (Å²) in [6.07, 6.45) is 1.59. The van der Waals surface area contributed by atoms with Gasteiger partial charge in [0, 0.05) is 17.6 Å². The summed E-state index contributed by atoms with van der Waals surface area (Å²) in [4.78, 5) is 5.96. The molecule has 0 spiro atoms. The molecule has 3 rings (SSSR count). The van der Waals surface area contributed by atoms with E-state index < -0.39 is 0 Å². The van der Waals surface area contributed by atoms with Gasteiger partial charge in [0.25, 0.3) is 0 Å². The fraction of sp³-hybridized carbons (Fsp3) is 0.231. The van der Waals surface area contributed by atoms with Crippen molar-refractivity contribution in [3.05, 3.63) is 46.6 Å². The maximum absolute atomic E-state index is 13.8. The summed E-state index contributed by atoms with van der Waals surface area (Å²) >= 11 is 6.04. The van der Waals surface area contributed by atoms with Crippen LogP contribution in [0.4, 0.5) is 10.2 Å². The fourth-order valence-corrected chi connectivity index (χ4v) is 2.39. The molecule has 0 atom stereocenters. The number of hydrogen-bond donors (Lipinski definition) is 2. The molecular weight excluding hydrogens is 281 g/mol. The maximum atomic E-state index is 13.8. The number of nitrogens with one attached hydrogen (secondary N) is 2. The predicted octanol–water partition coefficient (Wildman–Crippen LogP) is 2.36. The van der Waals surface area contributed by atoms with Crippen LogP contribution >= 0.6 is 11.6 Å². The second-order valence-electron chi connectivity index (χ2n) is 4.65. The van der Waals surface area contributed by atoms with Crippen LogP contribution in [0.15, 0.2) is 24.5 Å². The van der Waals surface area contributed by atoms with Gasteiger partial charge in [-0.25, -0.2) is 9.37 Å². The summed E-state index contributed by atoms with van der Waals surface area (Å²) in [5.74, 6) is 0.715. The molecule has 1 aliphatic heterocycles. The molecule has 1 aliphatic rings. The fourth-order valence-electron chi connectivity index (χ4n) is 2.17. The van der Waals surface area contributed by atoms with E-state index in [-0.39, 0.29) is 12.4 Å². The van der Waals surface area contributed by atoms with Crippen LogP contribution in [0.1, 0.15) is 11.3 Å². The third kappa shape index (κ3) is 2.02. The van der Waals surface area contributed by atoms with Gasteiger partial charge in [0.2, 0.25) is 0 Å². The zero-order valence-corrected chi connectivity index (χ0v) is 11.6. The number of benzene rings is 1. The highest BCUT2D eigenvalue weighted by Crippen LogP contribution is 2.25. The third-order valence-corrected chi connectivity index (χ3v) is 3.67. The van der Waals surface area contributed by atoms with E-state index >= 15 is 0 Å². The van der Waals surface area contributed by atoms with Crippen LogP contribution < -0.4 is 5.32 Å². The molecule has 7 heteroatoms. The van der Waals surface area contributed by atoms with Crippen LogP contribution in [0.5, 0.6) is 0 Å². The Morgan fingerprint density at radius 1 is 1.50 bits per heavy atom. The van der Waals surface area contributed by atoms with Crippen molar-refractivity contribution in [2.24, 2.45) is 0 Å². The number of aromatic nitrogens is 2. The SMILES string of the molecule is CN1CNc2c(ncn2Cc2c(F)cccc2Cl)C1=N. The van der Waals surface area contributed by atoms with Crippen LogP contribution in [-0.2, 0) is 6.54 Å². The zero-order chi connectivity index (χ0) is 14.3. The van der Waals surface area contributed by atoms with Crippen LogP contribution in [-0.4, -0.2) is 34.0 Å². The zero-order valence-electron chi connectivity index (χ0n) is 10.8. The average Bonchev–Trinajstić information content (AvgIpc) is 2.82. The lowest BCUT2D eigenvalue weighted by Gasteiger charge is -2.26. The molecule has 20 heavy (non-hydrogen) atoms. The number of amidine groups is 1. The van der Waals surface area contributed by atoms with Gasteiger partial charge in [-0.1, -0.05) is 17.7 Å². The van der Waals surface area contributed by atoms with E-state index in [0.29, 0.717) is 34.6 Å². The smallest absolute Gasteiger partial charge is 0.152 e. The van der Waals surface area contributed by atoms with Gasteiger partial charge in [0.1, 0.15) is 17.3 Å². The summed E-state index contributed by atoms with van der Waals surface area (Å²) in [6, 6.07) is 4.62. The molecule has 5 nitrogen and oxygen atoms in total. The van der Waals surface area contributed by atoms with Crippen molar-refractivity contribution in [2.75, 3.05) is 19.0 Å². The van der Waals surface area contributed by atoms with Gasteiger partial charge in [-0.2, -0.15) is 0 Å². The Kier molecular flexibility index (Phi) is 3.10. The normalized spacial score (nSPS) is 14.2. The monoisotopic (exact) mass is 293 g/mol. The van der Waals surface area contributed by atoms with E-state index in [9.17, 15) is 4.39 Å². The molecule has 1 aromatic heterocycles. The molecule has 0 bridgehead atoms. The second-order valence-corrected chi connectivity index (χ2v) is 5.06. The first-order valence-electron chi connectivity index (χ1n) is 6.10. The summed E-state index contributed by atoms with van der Waals surface area (Å²) in [6.45, 7) is 0.792. The van der Waals surface area contributed by atoms with E-state index in [1.807, 2.05) is 7.05 Å². The Morgan fingerprint density at radius 3 is 3.05 bits per heavy atom. The number of imidazole rings is 1. The molecule has 104 valence electrons. The van der Waals surface area contributed by atoms with Crippen molar-refractivity contribution in [2.45, 2.75) is 6.54 Å². The van der Waals surface area contributed by atoms with E-state index in [0.717, 1.165) is 0 Å². The standard InChI is InChI=1S/C13H13ClFN5/c1-19-6-18-13-11(12(19)16)17-7-20(13)5-8-9(14)3-2-4-10(8)15/h2-4,7,16,18H,5-6H2,1H3. The van der Waals surface area contributed by atoms with E-state index in [4.69, 9.17) is 17.0 Å². The Labute approximate surface area is 120 Å². The van der Waals surface area contributed by atoms with Gasteiger partial charge in [0.05, 0.1) is 19.5 Å². The van der Waals surface area contributed by atoms with Gasteiger partial charge < -0.3 is 14.8 Å². The maximum Gasteiger partial charge on any atom is 0.152 e. The largest absolute Gasteiger partial charge is 0.352 e. The molecular formula is C13H13ClFN5. The van der Waals surface area contributed by atoms with Gasteiger partial charge in [0.15, 0.2) is 5.84 Å². The van der Waals surface area contributed by atoms with Crippen LogP contribution in [0.3, 0.4) is 0 Å². The lowest BCUT2D eigenvalue weighted by molar-refractivity contribution is 0.526. The van der Waals surface area contributed by atoms with Gasteiger partial charge in [-0.3, -0.25) is 5.41 Å². The molecule has 2 heterocycles. The molecule has 0 amide bonds. The predicted molar refractivity (Wildman–Crippen MR) is 75.8 cm³/mol. The van der Waals surface area contributed by atoms with Crippen LogP contribution in [0.25, 0.3) is 0 Å². The van der Waals surface area contributed by atoms with Crippen LogP contribution in [0, 0.1) is 11.2 Å². The van der Waals surface area contributed by atoms with Gasteiger partial charge in [-0.15, -0.1) is 0 Å². The van der Waals surface area contributed by atoms with Gasteiger partial charge in [-0.05, 0) is 12.1 Å². The number of rotatable bonds is 2. The summed E-state index contributed by atoms with van der Waals surface area (Å²) in [7, 11) is 1.81. The van der Waals surface area contributed by atoms with E-state index in [1.54, 1.807) is 27.9 Å². The quantitative estimate of drug-likeness (QED) is 0.894. The number of anilines is 1. The third-order valence-electron chi connectivity index (χ3n) is 3.32. The summed E-state index contributed by atoms with van der Waals surface area (Å²) < 4.78 is 15.6. The highest BCUT2D eigenvalue weighted by Gasteiger charge is 2.23. The van der Waals surface area contributed by atoms with Crippen molar-refractivity contribution < 1.29 is 4.39 Å². The summed E-state index contributed by atoms with van der Waals surface area (Å²) in [5.41, 5.74) is 0.979. The molecule has 2 N–H and O–H groups in total. The highest BCUT2D eigenvalue weighted by molar-refractivity contribution is 6.31. The molecule has 0 aliphatic carbocycles. The van der Waals surface area contributed by atoms with Gasteiger partial charge >= 0.3 is 0 Å². The number of hydrogen-bond acceptors (Lipinski definition) is 3. The molecule has 0 radical (unpaired) electrons.